The smallest absolute Gasteiger partial charge is 0.254 e. The molecule has 17 rings (SSSR count). The number of ether oxygens (including phenoxy) is 5. The van der Waals surface area contributed by atoms with Gasteiger partial charge in [-0.2, -0.15) is 0 Å². The lowest BCUT2D eigenvalue weighted by Crippen LogP contribution is -2.71. The van der Waals surface area contributed by atoms with Crippen molar-refractivity contribution in [1.29, 1.82) is 0 Å². The Balaban J connectivity index is 0.948. The zero-order valence-electron chi connectivity index (χ0n) is 48.1. The van der Waals surface area contributed by atoms with Crippen molar-refractivity contribution in [2.75, 3.05) is 26.9 Å². The Hall–Kier alpha value is -6.22. The minimum atomic E-state index is -2.54. The van der Waals surface area contributed by atoms with Crippen LogP contribution in [-0.4, -0.2) is 121 Å². The molecule has 7 N–H and O–H groups in total. The van der Waals surface area contributed by atoms with E-state index in [2.05, 4.69) is 29.2 Å². The molecule has 15 unspecified atom stereocenters. The lowest BCUT2D eigenvalue weighted by atomic mass is 9.55. The van der Waals surface area contributed by atoms with Crippen LogP contribution in [0.3, 0.4) is 0 Å². The second-order valence-electron chi connectivity index (χ2n) is 27.7. The number of carbonyl (C=O) groups is 2. The predicted octanol–water partition coefficient (Wildman–Crippen LogP) is 8.82. The van der Waals surface area contributed by atoms with Gasteiger partial charge in [0.25, 0.3) is 5.91 Å². The molecular weight excluding hydrogens is 1080 g/mol. The number of Topliss-reactive ketones (excluding diaryl/α,β-unsaturated/α-hetero) is 1. The lowest BCUT2D eigenvalue weighted by Gasteiger charge is -2.52. The molecule has 1 amide bonds. The molecule has 1 saturated heterocycles. The van der Waals surface area contributed by atoms with Crippen LogP contribution in [0.2, 0.25) is 0 Å². The number of phenols is 1. The van der Waals surface area contributed by atoms with Crippen LogP contribution in [0.5, 0.6) is 17.2 Å². The summed E-state index contributed by atoms with van der Waals surface area (Å²) in [6.07, 6.45) is 16.6. The van der Waals surface area contributed by atoms with E-state index in [-0.39, 0.29) is 89.5 Å². The number of amides is 1. The first-order valence-corrected chi connectivity index (χ1v) is 31.7. The summed E-state index contributed by atoms with van der Waals surface area (Å²) in [5.74, 6) is 2.98. The summed E-state index contributed by atoms with van der Waals surface area (Å²) in [6, 6.07) is 7.77. The number of aliphatic hydroxyl groups is 5. The van der Waals surface area contributed by atoms with Crippen molar-refractivity contribution < 1.29 is 63.9 Å². The molecule has 4 fully saturated rings. The number of aromatic hydroxyl groups is 1. The number of benzene rings is 4. The molecule has 12 aliphatic rings. The molecule has 85 heavy (non-hydrogen) atoms. The molecule has 12 bridgehead atoms. The maximum Gasteiger partial charge on any atom is 0.254 e. The summed E-state index contributed by atoms with van der Waals surface area (Å²) in [5, 5.41) is 77.5. The Kier molecular flexibility index (Phi) is 11.9. The van der Waals surface area contributed by atoms with Crippen LogP contribution in [0, 0.1) is 41.6 Å². The summed E-state index contributed by atoms with van der Waals surface area (Å²) in [5.41, 5.74) is 8.44. The lowest BCUT2D eigenvalue weighted by molar-refractivity contribution is -0.340. The van der Waals surface area contributed by atoms with E-state index in [9.17, 15) is 35.4 Å². The molecule has 0 radical (unpaired) electrons. The maximum atomic E-state index is 15.7. The Morgan fingerprint density at radius 3 is 2.66 bits per heavy atom. The van der Waals surface area contributed by atoms with Crippen molar-refractivity contribution in [3.05, 3.63) is 109 Å². The average Bonchev–Trinajstić information content (AvgIpc) is 2.20. The normalized spacial score (nSPS) is 36.0. The van der Waals surface area contributed by atoms with Crippen LogP contribution in [-0.2, 0) is 51.9 Å². The minimum Gasteiger partial charge on any atom is -0.506 e. The van der Waals surface area contributed by atoms with Crippen LogP contribution < -0.4 is 9.47 Å². The van der Waals surface area contributed by atoms with Gasteiger partial charge in [0.15, 0.2) is 17.5 Å². The Labute approximate surface area is 493 Å². The van der Waals surface area contributed by atoms with Crippen molar-refractivity contribution >= 4 is 45.0 Å². The zero-order valence-corrected chi connectivity index (χ0v) is 48.1. The van der Waals surface area contributed by atoms with Crippen LogP contribution in [0.25, 0.3) is 33.3 Å². The van der Waals surface area contributed by atoms with Gasteiger partial charge in [-0.3, -0.25) is 9.59 Å². The number of fused-ring (bicyclic) bond motifs is 13. The van der Waals surface area contributed by atoms with E-state index in [1.165, 1.54) is 16.7 Å². The Morgan fingerprint density at radius 2 is 1.80 bits per heavy atom. The summed E-state index contributed by atoms with van der Waals surface area (Å²) in [6.45, 7) is -1.26. The van der Waals surface area contributed by atoms with E-state index in [1.54, 1.807) is 24.1 Å². The highest BCUT2D eigenvalue weighted by atomic mass is 16.7. The topological polar surface area (TPSA) is 221 Å². The first-order chi connectivity index (χ1) is 41.3. The van der Waals surface area contributed by atoms with Gasteiger partial charge in [-0.15, -0.1) is 0 Å². The van der Waals surface area contributed by atoms with Gasteiger partial charge in [0, 0.05) is 64.2 Å². The van der Waals surface area contributed by atoms with E-state index in [4.69, 9.17) is 23.7 Å². The summed E-state index contributed by atoms with van der Waals surface area (Å²) in [7, 11) is 1.61. The van der Waals surface area contributed by atoms with Gasteiger partial charge in [-0.25, -0.2) is 0 Å². The van der Waals surface area contributed by atoms with Gasteiger partial charge in [-0.05, 0) is 195 Å². The van der Waals surface area contributed by atoms with Crippen molar-refractivity contribution in [3.8, 4) is 29.3 Å². The molecule has 5 aromatic rings. The molecular formula is C70H74N2O13. The number of phenolic OH excluding ortho intramolecular Hbond substituents is 1. The standard InChI is InChI=1S/C70H74N2O13/c1-81-62-44-15-14-37-26-36-8-3-12-42(36)54-52(37)55(44)57-59(76)56(54)50(75)31-72-30-48-35(7-2-13-43(48)66(72)78)10-6-22-82-65-60(77)64-61-39(9-5-21-73)23-34-24-41-28-40-11-4-19-69(40,79)32-68(41)20-18-38-27-49-53(46(25-34)58(38)68)47(29-71-49)51(83-61)17-16-45(62)63(57)84-67(85-64)70(65,80)33-74/h2,7,13,16-17,26-27,29,34,36,39-42,51,60-61,64-65,67,71,73-74,76-77,79-80H,3-5,8-12,14-15,18-21,23-25,28,30-33H2,1H3. The van der Waals surface area contributed by atoms with Crippen LogP contribution >= 0.6 is 0 Å². The highest BCUT2D eigenvalue weighted by molar-refractivity contribution is 6.17. The molecule has 4 aromatic carbocycles. The number of aromatic amines is 1. The first kappa shape index (κ1) is 53.1. The fraction of sp³-hybridized carbons (Fsp3) is 0.543. The Bertz CT molecular complexity index is 3870. The Morgan fingerprint density at radius 1 is 0.906 bits per heavy atom. The molecule has 1 spiro atoms. The quantitative estimate of drug-likeness (QED) is 0.0819. The van der Waals surface area contributed by atoms with E-state index in [0.29, 0.717) is 60.3 Å². The van der Waals surface area contributed by atoms with Crippen molar-refractivity contribution in [1.82, 2.24) is 9.88 Å². The number of H-pyrrole nitrogens is 1. The van der Waals surface area contributed by atoms with Gasteiger partial charge >= 0.3 is 0 Å². The molecule has 5 aliphatic heterocycles. The van der Waals surface area contributed by atoms with E-state index >= 15 is 4.79 Å². The third-order valence-electron chi connectivity index (χ3n) is 23.7. The second kappa shape index (κ2) is 19.1. The maximum absolute atomic E-state index is 15.7. The van der Waals surface area contributed by atoms with E-state index < -0.39 is 60.4 Å². The van der Waals surface area contributed by atoms with Gasteiger partial charge in [0.2, 0.25) is 6.29 Å². The molecule has 15 nitrogen and oxygen atoms in total. The first-order valence-electron chi connectivity index (χ1n) is 31.7. The molecule has 15 atom stereocenters. The number of rotatable bonds is 5. The summed E-state index contributed by atoms with van der Waals surface area (Å²) in [4.78, 5) is 35.4. The second-order valence-corrected chi connectivity index (χ2v) is 27.7. The van der Waals surface area contributed by atoms with Crippen LogP contribution in [0.15, 0.2) is 42.6 Å². The monoisotopic (exact) mass is 1150 g/mol. The van der Waals surface area contributed by atoms with Crippen LogP contribution in [0.4, 0.5) is 0 Å². The molecule has 6 heterocycles. The third-order valence-corrected chi connectivity index (χ3v) is 23.7. The molecule has 3 saturated carbocycles. The number of aromatic nitrogens is 1. The minimum absolute atomic E-state index is 0.0157. The van der Waals surface area contributed by atoms with Gasteiger partial charge in [-0.1, -0.05) is 43.0 Å². The number of ketones is 1. The molecule has 7 aliphatic carbocycles. The van der Waals surface area contributed by atoms with E-state index in [1.807, 2.05) is 24.4 Å². The van der Waals surface area contributed by atoms with Crippen molar-refractivity contribution in [2.24, 2.45) is 29.6 Å². The number of aliphatic hydroxyl groups excluding tert-OH is 3. The number of allylic oxidation sites excluding steroid dienone is 2. The molecule has 442 valence electrons. The largest absolute Gasteiger partial charge is 0.506 e. The fourth-order valence-electron chi connectivity index (χ4n) is 20.2. The number of nitrogens with one attached hydrogen (secondary N) is 1. The number of carbonyl (C=O) groups excluding carboxylic acids is 2. The van der Waals surface area contributed by atoms with E-state index in [0.717, 1.165) is 127 Å². The molecule has 1 aromatic heterocycles. The number of hydrogen-bond donors (Lipinski definition) is 7. The number of hydrogen-bond acceptors (Lipinski definition) is 13. The highest BCUT2D eigenvalue weighted by Gasteiger charge is 2.63. The third kappa shape index (κ3) is 7.39. The highest BCUT2D eigenvalue weighted by Crippen LogP contribution is 2.66. The fourth-order valence-corrected chi connectivity index (χ4v) is 20.2. The summed E-state index contributed by atoms with van der Waals surface area (Å²) >= 11 is 0. The number of methoxy groups -OCH3 is 1. The van der Waals surface area contributed by atoms with Crippen molar-refractivity contribution in [3.63, 3.8) is 0 Å². The zero-order chi connectivity index (χ0) is 57.6. The SMILES string of the molecule is COc1c2c3c4c(O)c(c5c6c4c1CCC6=CC1CCCC51)C(=O)CN1Cc4c(cccc4C1=O)CC#COC1C(O)C(OC(O3)C1(O)CO)C1OC(C=C2)c2c[nH]c3cc4c5c(c23)CC(CC1CCCO)CC1CC2CCCC2(O)CC51CC4. The average molecular weight is 1150 g/mol. The van der Waals surface area contributed by atoms with Gasteiger partial charge < -0.3 is 64.2 Å². The summed E-state index contributed by atoms with van der Waals surface area (Å²) < 4.78 is 35.5. The number of nitrogens with zero attached hydrogens (tertiary/aromatic N) is 1. The molecule has 15 heteroatoms. The van der Waals surface area contributed by atoms with Crippen LogP contribution in [0.1, 0.15) is 178 Å². The van der Waals surface area contributed by atoms with Crippen molar-refractivity contribution in [2.45, 2.75) is 181 Å². The van der Waals surface area contributed by atoms with Gasteiger partial charge in [0.1, 0.15) is 41.7 Å². The number of aryl methyl sites for hydroxylation is 2. The van der Waals surface area contributed by atoms with Gasteiger partial charge in [0.05, 0.1) is 48.5 Å². The predicted molar refractivity (Wildman–Crippen MR) is 314 cm³/mol.